The van der Waals surface area contributed by atoms with Crippen LogP contribution in [0.25, 0.3) is 11.3 Å². The third-order valence-corrected chi connectivity index (χ3v) is 6.11. The number of ether oxygens (including phenoxy) is 1. The van der Waals surface area contributed by atoms with Gasteiger partial charge in [0.25, 0.3) is 5.91 Å². The fourth-order valence-corrected chi connectivity index (χ4v) is 4.36. The van der Waals surface area contributed by atoms with Gasteiger partial charge in [-0.15, -0.1) is 0 Å². The van der Waals surface area contributed by atoms with E-state index in [9.17, 15) is 4.79 Å². The van der Waals surface area contributed by atoms with E-state index in [1.807, 2.05) is 64.3 Å². The molecule has 1 saturated heterocycles. The molecule has 7 heteroatoms. The van der Waals surface area contributed by atoms with Crippen molar-refractivity contribution in [3.63, 3.8) is 0 Å². The Kier molecular flexibility index (Phi) is 6.25. The van der Waals surface area contributed by atoms with Crippen molar-refractivity contribution in [3.05, 3.63) is 96.4 Å². The summed E-state index contributed by atoms with van der Waals surface area (Å²) in [5.74, 6) is 0.848. The first-order valence-electron chi connectivity index (χ1n) is 11.4. The molecule has 2 aromatic carbocycles. The lowest BCUT2D eigenvalue weighted by molar-refractivity contribution is 0.0747. The number of carbonyl (C=O) groups is 1. The summed E-state index contributed by atoms with van der Waals surface area (Å²) in [4.78, 5) is 22.0. The van der Waals surface area contributed by atoms with Gasteiger partial charge in [-0.05, 0) is 29.8 Å². The third kappa shape index (κ3) is 4.50. The molecule has 3 heterocycles. The number of methoxy groups -OCH3 is 1. The first-order chi connectivity index (χ1) is 16.7. The summed E-state index contributed by atoms with van der Waals surface area (Å²) in [6.45, 7) is 3.35. The van der Waals surface area contributed by atoms with E-state index in [2.05, 4.69) is 28.1 Å². The second-order valence-electron chi connectivity index (χ2n) is 8.27. The van der Waals surface area contributed by atoms with Gasteiger partial charge < -0.3 is 14.5 Å². The topological polar surface area (TPSA) is 63.5 Å². The zero-order valence-corrected chi connectivity index (χ0v) is 19.2. The van der Waals surface area contributed by atoms with Crippen molar-refractivity contribution in [2.24, 2.45) is 0 Å². The quantitative estimate of drug-likeness (QED) is 0.442. The number of rotatable bonds is 6. The molecule has 4 aromatic rings. The summed E-state index contributed by atoms with van der Waals surface area (Å²) in [6, 6.07) is 21.9. The molecule has 2 aromatic heterocycles. The number of nitrogens with zero attached hydrogens (tertiary/aromatic N) is 5. The Morgan fingerprint density at radius 1 is 0.941 bits per heavy atom. The van der Waals surface area contributed by atoms with Crippen LogP contribution in [0.5, 0.6) is 5.75 Å². The molecule has 7 nitrogen and oxygen atoms in total. The van der Waals surface area contributed by atoms with Crippen LogP contribution in [0.1, 0.15) is 15.9 Å². The van der Waals surface area contributed by atoms with Crippen LogP contribution in [0.4, 0.5) is 5.69 Å². The number of anilines is 1. The molecule has 1 fully saturated rings. The molecule has 1 amide bonds. The molecule has 34 heavy (non-hydrogen) atoms. The summed E-state index contributed by atoms with van der Waals surface area (Å²) in [6.07, 6.45) is 5.35. The van der Waals surface area contributed by atoms with Crippen molar-refractivity contribution < 1.29 is 9.53 Å². The van der Waals surface area contributed by atoms with Crippen LogP contribution in [0.15, 0.2) is 85.3 Å². The molecule has 0 N–H and O–H groups in total. The maximum Gasteiger partial charge on any atom is 0.257 e. The molecule has 0 saturated carbocycles. The van der Waals surface area contributed by atoms with E-state index in [0.717, 1.165) is 35.7 Å². The number of hydrogen-bond acceptors (Lipinski definition) is 5. The smallest absolute Gasteiger partial charge is 0.257 e. The maximum atomic E-state index is 13.6. The van der Waals surface area contributed by atoms with E-state index in [4.69, 9.17) is 9.84 Å². The van der Waals surface area contributed by atoms with Crippen molar-refractivity contribution in [2.75, 3.05) is 38.2 Å². The molecule has 1 aliphatic heterocycles. The highest BCUT2D eigenvalue weighted by Crippen LogP contribution is 2.29. The minimum atomic E-state index is -0.00200. The molecule has 172 valence electrons. The molecule has 0 radical (unpaired) electrons. The maximum absolute atomic E-state index is 13.6. The van der Waals surface area contributed by atoms with Crippen molar-refractivity contribution in [3.8, 4) is 17.0 Å². The Morgan fingerprint density at radius 2 is 1.71 bits per heavy atom. The Hall–Kier alpha value is -4.13. The van der Waals surface area contributed by atoms with Gasteiger partial charge in [0.1, 0.15) is 11.4 Å². The molecule has 1 aliphatic rings. The minimum absolute atomic E-state index is 0.00200. The van der Waals surface area contributed by atoms with E-state index < -0.39 is 0 Å². The lowest BCUT2D eigenvalue weighted by Gasteiger charge is -2.36. The van der Waals surface area contributed by atoms with Crippen LogP contribution in [0.3, 0.4) is 0 Å². The Balaban J connectivity index is 1.38. The highest BCUT2D eigenvalue weighted by atomic mass is 16.5. The van der Waals surface area contributed by atoms with Crippen molar-refractivity contribution in [1.29, 1.82) is 0 Å². The van der Waals surface area contributed by atoms with E-state index >= 15 is 0 Å². The van der Waals surface area contributed by atoms with Gasteiger partial charge in [0.05, 0.1) is 24.9 Å². The third-order valence-electron chi connectivity index (χ3n) is 6.11. The molecule has 0 aliphatic carbocycles. The number of aromatic nitrogens is 3. The summed E-state index contributed by atoms with van der Waals surface area (Å²) in [5.41, 5.74) is 4.30. The first-order valence-corrected chi connectivity index (χ1v) is 11.4. The molecule has 0 atom stereocenters. The van der Waals surface area contributed by atoms with Crippen LogP contribution >= 0.6 is 0 Å². The Labute approximate surface area is 199 Å². The number of carbonyl (C=O) groups excluding carboxylic acids is 1. The second-order valence-corrected chi connectivity index (χ2v) is 8.27. The second kappa shape index (κ2) is 9.79. The van der Waals surface area contributed by atoms with Gasteiger partial charge in [-0.1, -0.05) is 42.5 Å². The highest BCUT2D eigenvalue weighted by Gasteiger charge is 2.27. The monoisotopic (exact) mass is 453 g/mol. The Morgan fingerprint density at radius 3 is 2.44 bits per heavy atom. The van der Waals surface area contributed by atoms with E-state index in [0.29, 0.717) is 30.9 Å². The predicted molar refractivity (Wildman–Crippen MR) is 132 cm³/mol. The van der Waals surface area contributed by atoms with Crippen LogP contribution in [0, 0.1) is 0 Å². The number of piperazine rings is 1. The summed E-state index contributed by atoms with van der Waals surface area (Å²) in [7, 11) is 1.69. The first kappa shape index (κ1) is 21.7. The van der Waals surface area contributed by atoms with Crippen molar-refractivity contribution in [1.82, 2.24) is 19.7 Å². The molecule has 0 bridgehead atoms. The zero-order valence-electron chi connectivity index (χ0n) is 19.2. The van der Waals surface area contributed by atoms with Crippen molar-refractivity contribution >= 4 is 11.6 Å². The standard InChI is InChI=1S/C27H27N5O2/c1-34-25-12-6-5-11-24(25)30-14-16-31(17-15-30)27(33)23-20-32(19-21-8-3-2-4-9-21)29-26(23)22-10-7-13-28-18-22/h2-13,18,20H,14-17,19H2,1H3. The fraction of sp³-hybridized carbons (Fsp3) is 0.222. The van der Waals surface area contributed by atoms with E-state index in [1.165, 1.54) is 0 Å². The van der Waals surface area contributed by atoms with E-state index in [1.54, 1.807) is 19.5 Å². The average molecular weight is 454 g/mol. The largest absolute Gasteiger partial charge is 0.495 e. The molecule has 0 unspecified atom stereocenters. The Bertz CT molecular complexity index is 1250. The van der Waals surface area contributed by atoms with Gasteiger partial charge in [0.2, 0.25) is 0 Å². The number of para-hydroxylation sites is 2. The van der Waals surface area contributed by atoms with Crippen molar-refractivity contribution in [2.45, 2.75) is 6.54 Å². The van der Waals surface area contributed by atoms with Gasteiger partial charge in [-0.25, -0.2) is 0 Å². The van der Waals surface area contributed by atoms with Gasteiger partial charge in [0, 0.05) is 50.3 Å². The number of hydrogen-bond donors (Lipinski definition) is 0. The summed E-state index contributed by atoms with van der Waals surface area (Å²) < 4.78 is 7.36. The minimum Gasteiger partial charge on any atom is -0.495 e. The average Bonchev–Trinajstić information content (AvgIpc) is 3.33. The lowest BCUT2D eigenvalue weighted by atomic mass is 10.1. The SMILES string of the molecule is COc1ccccc1N1CCN(C(=O)c2cn(Cc3ccccc3)nc2-c2cccnc2)CC1. The molecular weight excluding hydrogens is 426 g/mol. The number of pyridine rings is 1. The van der Waals surface area contributed by atoms with Crippen LogP contribution < -0.4 is 9.64 Å². The van der Waals surface area contributed by atoms with E-state index in [-0.39, 0.29) is 5.91 Å². The zero-order chi connectivity index (χ0) is 23.3. The molecule has 5 rings (SSSR count). The van der Waals surface area contributed by atoms with Crippen LogP contribution in [0.2, 0.25) is 0 Å². The van der Waals surface area contributed by atoms with Gasteiger partial charge in [-0.2, -0.15) is 5.10 Å². The normalized spacial score (nSPS) is 13.7. The number of benzene rings is 2. The summed E-state index contributed by atoms with van der Waals surface area (Å²) in [5, 5.41) is 4.78. The van der Waals surface area contributed by atoms with Gasteiger partial charge in [-0.3, -0.25) is 14.5 Å². The van der Waals surface area contributed by atoms with Gasteiger partial charge in [0.15, 0.2) is 0 Å². The molecule has 0 spiro atoms. The van der Waals surface area contributed by atoms with Crippen LogP contribution in [-0.4, -0.2) is 58.9 Å². The predicted octanol–water partition coefficient (Wildman–Crippen LogP) is 3.96. The summed E-state index contributed by atoms with van der Waals surface area (Å²) >= 11 is 0. The molecular formula is C27H27N5O2. The van der Waals surface area contributed by atoms with Gasteiger partial charge >= 0.3 is 0 Å². The lowest BCUT2D eigenvalue weighted by Crippen LogP contribution is -2.48. The van der Waals surface area contributed by atoms with Crippen LogP contribution in [-0.2, 0) is 6.54 Å². The fourth-order valence-electron chi connectivity index (χ4n) is 4.36. The highest BCUT2D eigenvalue weighted by molar-refractivity contribution is 6.00. The number of amides is 1.